The molecule has 0 aliphatic heterocycles. The molecule has 0 radical (unpaired) electrons. The van der Waals surface area contributed by atoms with E-state index in [1.807, 2.05) is 42.5 Å². The maximum atomic E-state index is 13.3. The highest BCUT2D eigenvalue weighted by Crippen LogP contribution is 2.45. The Morgan fingerprint density at radius 3 is 1.71 bits per heavy atom. The van der Waals surface area contributed by atoms with Crippen LogP contribution in [0.4, 0.5) is 17.1 Å². The number of hydrogen-bond acceptors (Lipinski definition) is 2. The zero-order valence-corrected chi connectivity index (χ0v) is 16.8. The highest BCUT2D eigenvalue weighted by molar-refractivity contribution is 6.27. The van der Waals surface area contributed by atoms with Crippen molar-refractivity contribution in [2.45, 2.75) is 0 Å². The standard InChI is InChI=1S/C29H19NO/c31-29-24-15-8-7-14-22(24)23-16-9-17-25-27(19-18-26(29)28(23)25)30(20-10-3-1-4-11-20)21-12-5-2-6-13-21/h1-19H. The average molecular weight is 397 g/mol. The number of nitrogens with zero attached hydrogens (tertiary/aromatic N) is 1. The lowest BCUT2D eigenvalue weighted by Crippen LogP contribution is -2.13. The molecule has 0 unspecified atom stereocenters. The van der Waals surface area contributed by atoms with E-state index >= 15 is 0 Å². The summed E-state index contributed by atoms with van der Waals surface area (Å²) in [4.78, 5) is 15.6. The van der Waals surface area contributed by atoms with Crippen LogP contribution in [0.3, 0.4) is 0 Å². The summed E-state index contributed by atoms with van der Waals surface area (Å²) in [5.41, 5.74) is 6.89. The summed E-state index contributed by atoms with van der Waals surface area (Å²) in [6.45, 7) is 0. The molecule has 31 heavy (non-hydrogen) atoms. The molecule has 1 aliphatic carbocycles. The summed E-state index contributed by atoms with van der Waals surface area (Å²) < 4.78 is 0. The van der Waals surface area contributed by atoms with Gasteiger partial charge in [-0.25, -0.2) is 0 Å². The summed E-state index contributed by atoms with van der Waals surface area (Å²) in [7, 11) is 0. The molecule has 0 atom stereocenters. The van der Waals surface area contributed by atoms with Crippen LogP contribution in [0, 0.1) is 0 Å². The summed E-state index contributed by atoms with van der Waals surface area (Å²) in [5.74, 6) is 0.0943. The van der Waals surface area contributed by atoms with Gasteiger partial charge in [-0.05, 0) is 47.5 Å². The molecule has 2 heteroatoms. The largest absolute Gasteiger partial charge is 0.310 e. The van der Waals surface area contributed by atoms with Crippen molar-refractivity contribution in [3.8, 4) is 11.1 Å². The lowest BCUT2D eigenvalue weighted by atomic mass is 9.82. The number of anilines is 3. The SMILES string of the molecule is O=C1c2ccccc2-c2cccc3c(N(c4ccccc4)c4ccccc4)ccc1c23. The Morgan fingerprint density at radius 1 is 0.452 bits per heavy atom. The van der Waals surface area contributed by atoms with Gasteiger partial charge in [0.05, 0.1) is 5.69 Å². The lowest BCUT2D eigenvalue weighted by molar-refractivity contribution is 0.104. The van der Waals surface area contributed by atoms with E-state index in [1.165, 1.54) is 0 Å². The Morgan fingerprint density at radius 2 is 1.03 bits per heavy atom. The molecule has 0 aromatic heterocycles. The maximum Gasteiger partial charge on any atom is 0.194 e. The number of benzene rings is 5. The Kier molecular flexibility index (Phi) is 3.97. The van der Waals surface area contributed by atoms with E-state index in [2.05, 4.69) is 77.7 Å². The summed E-state index contributed by atoms with van der Waals surface area (Å²) in [6, 6.07) is 39.0. The fourth-order valence-corrected chi connectivity index (χ4v) is 4.64. The molecule has 0 fully saturated rings. The van der Waals surface area contributed by atoms with E-state index in [-0.39, 0.29) is 5.78 Å². The zero-order chi connectivity index (χ0) is 20.8. The number of ketones is 1. The highest BCUT2D eigenvalue weighted by Gasteiger charge is 2.27. The molecule has 0 heterocycles. The van der Waals surface area contributed by atoms with Crippen molar-refractivity contribution in [1.82, 2.24) is 0 Å². The second-order valence-electron chi connectivity index (χ2n) is 7.74. The molecule has 5 aromatic rings. The van der Waals surface area contributed by atoms with Gasteiger partial charge in [0.15, 0.2) is 5.78 Å². The number of carbonyl (C=O) groups is 1. The third kappa shape index (κ3) is 2.69. The quantitative estimate of drug-likeness (QED) is 0.308. The van der Waals surface area contributed by atoms with Crippen LogP contribution in [0.1, 0.15) is 15.9 Å². The number of fused-ring (bicyclic) bond motifs is 2. The molecular formula is C29H19NO. The van der Waals surface area contributed by atoms with Crippen molar-refractivity contribution in [1.29, 1.82) is 0 Å². The first-order chi connectivity index (χ1) is 15.3. The molecule has 0 spiro atoms. The van der Waals surface area contributed by atoms with Crippen molar-refractivity contribution in [3.05, 3.63) is 126 Å². The van der Waals surface area contributed by atoms with Gasteiger partial charge in [-0.2, -0.15) is 0 Å². The van der Waals surface area contributed by atoms with Crippen LogP contribution in [0.15, 0.2) is 115 Å². The molecule has 6 rings (SSSR count). The first-order valence-corrected chi connectivity index (χ1v) is 10.4. The molecule has 1 aliphatic rings. The zero-order valence-electron chi connectivity index (χ0n) is 16.8. The van der Waals surface area contributed by atoms with E-state index in [0.29, 0.717) is 0 Å². The molecule has 0 saturated carbocycles. The van der Waals surface area contributed by atoms with Gasteiger partial charge >= 0.3 is 0 Å². The average Bonchev–Trinajstić information content (AvgIpc) is 2.84. The minimum Gasteiger partial charge on any atom is -0.310 e. The third-order valence-corrected chi connectivity index (χ3v) is 5.99. The Labute approximate surface area is 181 Å². The summed E-state index contributed by atoms with van der Waals surface area (Å²) in [5, 5.41) is 2.10. The lowest BCUT2D eigenvalue weighted by Gasteiger charge is -2.29. The van der Waals surface area contributed by atoms with E-state index in [0.717, 1.165) is 50.1 Å². The summed E-state index contributed by atoms with van der Waals surface area (Å²) in [6.07, 6.45) is 0. The molecule has 0 bridgehead atoms. The Bertz CT molecular complexity index is 1400. The minimum absolute atomic E-state index is 0.0943. The van der Waals surface area contributed by atoms with Crippen molar-refractivity contribution in [2.75, 3.05) is 4.90 Å². The predicted octanol–water partition coefficient (Wildman–Crippen LogP) is 7.52. The van der Waals surface area contributed by atoms with E-state index in [4.69, 9.17) is 0 Å². The molecular weight excluding hydrogens is 378 g/mol. The summed E-state index contributed by atoms with van der Waals surface area (Å²) >= 11 is 0. The second-order valence-corrected chi connectivity index (χ2v) is 7.74. The van der Waals surface area contributed by atoms with Gasteiger partial charge in [-0.15, -0.1) is 0 Å². The van der Waals surface area contributed by atoms with Crippen LogP contribution in [0.25, 0.3) is 21.9 Å². The molecule has 146 valence electrons. The monoisotopic (exact) mass is 397 g/mol. The van der Waals surface area contributed by atoms with Crippen molar-refractivity contribution >= 4 is 33.6 Å². The fraction of sp³-hybridized carbons (Fsp3) is 0. The topological polar surface area (TPSA) is 20.3 Å². The van der Waals surface area contributed by atoms with Gasteiger partial charge in [0.25, 0.3) is 0 Å². The van der Waals surface area contributed by atoms with Crippen LogP contribution in [-0.2, 0) is 0 Å². The minimum atomic E-state index is 0.0943. The van der Waals surface area contributed by atoms with Gasteiger partial charge in [0, 0.05) is 33.3 Å². The number of para-hydroxylation sites is 2. The Balaban J connectivity index is 1.68. The second kappa shape index (κ2) is 6.96. The molecule has 0 saturated heterocycles. The van der Waals surface area contributed by atoms with Crippen molar-refractivity contribution < 1.29 is 4.79 Å². The number of hydrogen-bond donors (Lipinski definition) is 0. The van der Waals surface area contributed by atoms with Crippen LogP contribution >= 0.6 is 0 Å². The third-order valence-electron chi connectivity index (χ3n) is 5.99. The highest BCUT2D eigenvalue weighted by atomic mass is 16.1. The normalized spacial score (nSPS) is 11.9. The number of rotatable bonds is 3. The molecule has 5 aromatic carbocycles. The smallest absolute Gasteiger partial charge is 0.194 e. The first-order valence-electron chi connectivity index (χ1n) is 10.4. The molecule has 2 nitrogen and oxygen atoms in total. The predicted molar refractivity (Wildman–Crippen MR) is 127 cm³/mol. The van der Waals surface area contributed by atoms with Gasteiger partial charge < -0.3 is 4.90 Å². The Hall–Kier alpha value is -4.17. The first kappa shape index (κ1) is 17.7. The van der Waals surface area contributed by atoms with Gasteiger partial charge in [-0.3, -0.25) is 4.79 Å². The fourth-order valence-electron chi connectivity index (χ4n) is 4.64. The van der Waals surface area contributed by atoms with E-state index < -0.39 is 0 Å². The van der Waals surface area contributed by atoms with Crippen LogP contribution in [0.5, 0.6) is 0 Å². The van der Waals surface area contributed by atoms with E-state index in [9.17, 15) is 4.79 Å². The molecule has 0 N–H and O–H groups in total. The van der Waals surface area contributed by atoms with Crippen molar-refractivity contribution in [3.63, 3.8) is 0 Å². The van der Waals surface area contributed by atoms with Crippen LogP contribution < -0.4 is 4.90 Å². The van der Waals surface area contributed by atoms with Gasteiger partial charge in [0.1, 0.15) is 0 Å². The van der Waals surface area contributed by atoms with Gasteiger partial charge in [0.2, 0.25) is 0 Å². The van der Waals surface area contributed by atoms with E-state index in [1.54, 1.807) is 0 Å². The maximum absolute atomic E-state index is 13.3. The number of carbonyl (C=O) groups excluding carboxylic acids is 1. The van der Waals surface area contributed by atoms with Gasteiger partial charge in [-0.1, -0.05) is 78.9 Å². The molecule has 0 amide bonds. The van der Waals surface area contributed by atoms with Crippen LogP contribution in [0.2, 0.25) is 0 Å². The van der Waals surface area contributed by atoms with Crippen molar-refractivity contribution in [2.24, 2.45) is 0 Å². The van der Waals surface area contributed by atoms with Crippen LogP contribution in [-0.4, -0.2) is 5.78 Å².